The molecule has 7 heteroatoms. The van der Waals surface area contributed by atoms with E-state index >= 15 is 0 Å². The molecule has 1 N–H and O–H groups in total. The van der Waals surface area contributed by atoms with Crippen molar-refractivity contribution < 1.29 is 14.6 Å². The van der Waals surface area contributed by atoms with Gasteiger partial charge in [0.2, 0.25) is 5.88 Å². The summed E-state index contributed by atoms with van der Waals surface area (Å²) < 4.78 is 13.6. The molecule has 0 amide bonds. The molecule has 1 saturated carbocycles. The number of hydrogen-bond acceptors (Lipinski definition) is 5. The fraction of sp³-hybridized carbons (Fsp3) is 0.423. The molecule has 1 atom stereocenters. The SMILES string of the molecule is CCOC[C@H](O)CN(Cc1c(-c2ccccc2)nn(C)c1Oc1ccc(Cl)cc1)CC1CC1. The Morgan fingerprint density at radius 1 is 1.15 bits per heavy atom. The van der Waals surface area contributed by atoms with Gasteiger partial charge in [-0.2, -0.15) is 5.10 Å². The van der Waals surface area contributed by atoms with E-state index < -0.39 is 6.10 Å². The second-order valence-corrected chi connectivity index (χ2v) is 9.07. The minimum Gasteiger partial charge on any atom is -0.439 e. The van der Waals surface area contributed by atoms with Crippen molar-refractivity contribution in [3.8, 4) is 22.9 Å². The number of aromatic nitrogens is 2. The van der Waals surface area contributed by atoms with Crippen molar-refractivity contribution in [1.82, 2.24) is 14.7 Å². The molecule has 0 radical (unpaired) electrons. The number of rotatable bonds is 12. The zero-order chi connectivity index (χ0) is 23.2. The lowest BCUT2D eigenvalue weighted by Gasteiger charge is -2.25. The molecule has 1 aliphatic carbocycles. The van der Waals surface area contributed by atoms with Gasteiger partial charge in [0.25, 0.3) is 0 Å². The first kappa shape index (κ1) is 23.8. The van der Waals surface area contributed by atoms with Crippen LogP contribution >= 0.6 is 11.6 Å². The Balaban J connectivity index is 1.65. The molecule has 0 unspecified atom stereocenters. The topological polar surface area (TPSA) is 59.8 Å². The molecule has 0 bridgehead atoms. The molecule has 4 rings (SSSR count). The Labute approximate surface area is 200 Å². The van der Waals surface area contributed by atoms with Crippen LogP contribution in [-0.4, -0.2) is 52.2 Å². The first-order valence-electron chi connectivity index (χ1n) is 11.6. The summed E-state index contributed by atoms with van der Waals surface area (Å²) in [6.07, 6.45) is 1.94. The fourth-order valence-corrected chi connectivity index (χ4v) is 4.09. The van der Waals surface area contributed by atoms with Crippen LogP contribution in [0.1, 0.15) is 25.3 Å². The molecule has 1 heterocycles. The van der Waals surface area contributed by atoms with Crippen LogP contribution in [0.3, 0.4) is 0 Å². The molecular weight excluding hydrogens is 438 g/mol. The molecule has 0 aliphatic heterocycles. The Kier molecular flexibility index (Phi) is 8.04. The van der Waals surface area contributed by atoms with Crippen molar-refractivity contribution in [2.75, 3.05) is 26.3 Å². The van der Waals surface area contributed by atoms with Crippen LogP contribution in [0.25, 0.3) is 11.3 Å². The quantitative estimate of drug-likeness (QED) is 0.398. The van der Waals surface area contributed by atoms with Crippen LogP contribution in [0.2, 0.25) is 5.02 Å². The Bertz CT molecular complexity index is 1020. The summed E-state index contributed by atoms with van der Waals surface area (Å²) in [7, 11) is 1.90. The van der Waals surface area contributed by atoms with E-state index in [2.05, 4.69) is 17.0 Å². The number of ether oxygens (including phenoxy) is 2. The lowest BCUT2D eigenvalue weighted by molar-refractivity contribution is 0.0186. The van der Waals surface area contributed by atoms with Gasteiger partial charge in [0.05, 0.1) is 18.3 Å². The van der Waals surface area contributed by atoms with E-state index in [9.17, 15) is 5.11 Å². The van der Waals surface area contributed by atoms with E-state index in [0.717, 1.165) is 23.4 Å². The van der Waals surface area contributed by atoms with Crippen molar-refractivity contribution in [2.24, 2.45) is 13.0 Å². The van der Waals surface area contributed by atoms with E-state index in [1.54, 1.807) is 4.68 Å². The fourth-order valence-electron chi connectivity index (χ4n) is 3.96. The largest absolute Gasteiger partial charge is 0.439 e. The Hall–Kier alpha value is -2.38. The van der Waals surface area contributed by atoms with Crippen LogP contribution in [-0.2, 0) is 18.3 Å². The van der Waals surface area contributed by atoms with Crippen molar-refractivity contribution in [2.45, 2.75) is 32.4 Å². The average Bonchev–Trinajstić information content (AvgIpc) is 3.58. The second-order valence-electron chi connectivity index (χ2n) is 8.63. The summed E-state index contributed by atoms with van der Waals surface area (Å²) >= 11 is 6.06. The van der Waals surface area contributed by atoms with Gasteiger partial charge >= 0.3 is 0 Å². The third-order valence-corrected chi connectivity index (χ3v) is 5.99. The van der Waals surface area contributed by atoms with Gasteiger partial charge in [-0.3, -0.25) is 4.90 Å². The summed E-state index contributed by atoms with van der Waals surface area (Å²) in [5.74, 6) is 2.08. The summed E-state index contributed by atoms with van der Waals surface area (Å²) in [6, 6.07) is 17.5. The minimum absolute atomic E-state index is 0.338. The standard InChI is InChI=1S/C26H32ClN3O3/c1-3-32-18-22(31)16-30(15-19-9-10-19)17-24-25(20-7-5-4-6-8-20)28-29(2)26(24)33-23-13-11-21(27)12-14-23/h4-8,11-14,19,22,31H,3,9-10,15-18H2,1-2H3/t22-/m1/s1. The van der Waals surface area contributed by atoms with Crippen molar-refractivity contribution >= 4 is 11.6 Å². The second kappa shape index (κ2) is 11.2. The smallest absolute Gasteiger partial charge is 0.222 e. The first-order valence-corrected chi connectivity index (χ1v) is 11.9. The zero-order valence-electron chi connectivity index (χ0n) is 19.3. The summed E-state index contributed by atoms with van der Waals surface area (Å²) in [4.78, 5) is 2.31. The molecule has 2 aromatic carbocycles. The van der Waals surface area contributed by atoms with Crippen LogP contribution in [0.5, 0.6) is 11.6 Å². The lowest BCUT2D eigenvalue weighted by Crippen LogP contribution is -2.36. The minimum atomic E-state index is -0.541. The molecule has 0 spiro atoms. The van der Waals surface area contributed by atoms with Crippen LogP contribution in [0.15, 0.2) is 54.6 Å². The molecule has 6 nitrogen and oxygen atoms in total. The molecular formula is C26H32ClN3O3. The Morgan fingerprint density at radius 3 is 2.55 bits per heavy atom. The van der Waals surface area contributed by atoms with E-state index in [-0.39, 0.29) is 0 Å². The maximum Gasteiger partial charge on any atom is 0.222 e. The zero-order valence-corrected chi connectivity index (χ0v) is 20.0. The van der Waals surface area contributed by atoms with Gasteiger partial charge < -0.3 is 14.6 Å². The van der Waals surface area contributed by atoms with Gasteiger partial charge in [-0.25, -0.2) is 4.68 Å². The highest BCUT2D eigenvalue weighted by atomic mass is 35.5. The number of nitrogens with zero attached hydrogens (tertiary/aromatic N) is 3. The molecule has 1 fully saturated rings. The number of halogens is 1. The predicted octanol–water partition coefficient (Wildman–Crippen LogP) is 5.14. The molecule has 1 aliphatic rings. The monoisotopic (exact) mass is 469 g/mol. The van der Waals surface area contributed by atoms with Crippen LogP contribution in [0, 0.1) is 5.92 Å². The highest BCUT2D eigenvalue weighted by Crippen LogP contribution is 2.36. The van der Waals surface area contributed by atoms with Gasteiger partial charge in [-0.1, -0.05) is 41.9 Å². The van der Waals surface area contributed by atoms with Gasteiger partial charge in [0.15, 0.2) is 0 Å². The molecule has 1 aromatic heterocycles. The maximum absolute atomic E-state index is 10.6. The summed E-state index contributed by atoms with van der Waals surface area (Å²) in [6.45, 7) is 4.98. The third-order valence-electron chi connectivity index (χ3n) is 5.74. The van der Waals surface area contributed by atoms with E-state index in [1.165, 1.54) is 12.8 Å². The van der Waals surface area contributed by atoms with Crippen molar-refractivity contribution in [1.29, 1.82) is 0 Å². The molecule has 0 saturated heterocycles. The highest BCUT2D eigenvalue weighted by molar-refractivity contribution is 6.30. The van der Waals surface area contributed by atoms with E-state index in [0.29, 0.717) is 48.9 Å². The van der Waals surface area contributed by atoms with Crippen LogP contribution < -0.4 is 4.74 Å². The predicted molar refractivity (Wildman–Crippen MR) is 131 cm³/mol. The van der Waals surface area contributed by atoms with E-state index in [4.69, 9.17) is 26.2 Å². The highest BCUT2D eigenvalue weighted by Gasteiger charge is 2.28. The number of benzene rings is 2. The van der Waals surface area contributed by atoms with Gasteiger partial charge in [0, 0.05) is 43.9 Å². The van der Waals surface area contributed by atoms with E-state index in [1.807, 2.05) is 56.4 Å². The lowest BCUT2D eigenvalue weighted by atomic mass is 10.1. The normalized spacial score (nSPS) is 14.6. The van der Waals surface area contributed by atoms with Crippen LogP contribution in [0.4, 0.5) is 0 Å². The number of hydrogen-bond donors (Lipinski definition) is 1. The van der Waals surface area contributed by atoms with Gasteiger partial charge in [0.1, 0.15) is 11.4 Å². The molecule has 3 aromatic rings. The molecule has 33 heavy (non-hydrogen) atoms. The van der Waals surface area contributed by atoms with Gasteiger partial charge in [-0.15, -0.1) is 0 Å². The molecule has 176 valence electrons. The first-order chi connectivity index (χ1) is 16.0. The van der Waals surface area contributed by atoms with Crippen molar-refractivity contribution in [3.63, 3.8) is 0 Å². The average molecular weight is 470 g/mol. The third kappa shape index (κ3) is 6.58. The summed E-state index contributed by atoms with van der Waals surface area (Å²) in [5, 5.41) is 16.0. The summed E-state index contributed by atoms with van der Waals surface area (Å²) in [5.41, 5.74) is 2.93. The maximum atomic E-state index is 10.6. The number of aryl methyl sites for hydroxylation is 1. The number of aliphatic hydroxyl groups is 1. The van der Waals surface area contributed by atoms with Crippen molar-refractivity contribution in [3.05, 3.63) is 65.2 Å². The number of aliphatic hydroxyl groups excluding tert-OH is 1. The Morgan fingerprint density at radius 2 is 1.88 bits per heavy atom. The van der Waals surface area contributed by atoms with Gasteiger partial charge in [-0.05, 0) is 49.9 Å².